The summed E-state index contributed by atoms with van der Waals surface area (Å²) in [4.78, 5) is 14.6. The molecule has 0 amide bonds. The molecule has 74 valence electrons. The lowest BCUT2D eigenvalue weighted by atomic mass is 10.3. The standard InChI is InChI=1S/C11H9N3O/c1-7-6-12-14-9-5-3-2-4-8(9)13-11(15)10(7)14/h2-6H,1H3,(H,13,15). The van der Waals surface area contributed by atoms with Crippen molar-refractivity contribution in [2.45, 2.75) is 6.92 Å². The molecule has 0 aliphatic heterocycles. The van der Waals surface area contributed by atoms with E-state index in [1.807, 2.05) is 31.2 Å². The summed E-state index contributed by atoms with van der Waals surface area (Å²) < 4.78 is 1.68. The highest BCUT2D eigenvalue weighted by Crippen LogP contribution is 2.12. The fourth-order valence-corrected chi connectivity index (χ4v) is 1.83. The summed E-state index contributed by atoms with van der Waals surface area (Å²) in [7, 11) is 0. The fourth-order valence-electron chi connectivity index (χ4n) is 1.83. The molecule has 0 radical (unpaired) electrons. The van der Waals surface area contributed by atoms with Gasteiger partial charge in [0.2, 0.25) is 0 Å². The molecule has 2 aromatic heterocycles. The predicted molar refractivity (Wildman–Crippen MR) is 58.1 cm³/mol. The molecule has 0 bridgehead atoms. The Morgan fingerprint density at radius 3 is 3.00 bits per heavy atom. The molecule has 0 atom stereocenters. The third kappa shape index (κ3) is 1.01. The van der Waals surface area contributed by atoms with Crippen LogP contribution in [0.1, 0.15) is 5.56 Å². The van der Waals surface area contributed by atoms with Crippen LogP contribution in [0.15, 0.2) is 35.3 Å². The molecular formula is C11H9N3O. The highest BCUT2D eigenvalue weighted by atomic mass is 16.1. The third-order valence-electron chi connectivity index (χ3n) is 2.55. The van der Waals surface area contributed by atoms with Crippen molar-refractivity contribution in [3.63, 3.8) is 0 Å². The van der Waals surface area contributed by atoms with E-state index in [9.17, 15) is 4.79 Å². The summed E-state index contributed by atoms with van der Waals surface area (Å²) in [5, 5.41) is 4.20. The second-order valence-corrected chi connectivity index (χ2v) is 3.56. The van der Waals surface area contributed by atoms with E-state index in [0.29, 0.717) is 5.52 Å². The Morgan fingerprint density at radius 1 is 1.33 bits per heavy atom. The summed E-state index contributed by atoms with van der Waals surface area (Å²) >= 11 is 0. The maximum Gasteiger partial charge on any atom is 0.274 e. The molecule has 0 saturated heterocycles. The van der Waals surface area contributed by atoms with Crippen LogP contribution in [0.3, 0.4) is 0 Å². The first-order valence-corrected chi connectivity index (χ1v) is 4.73. The van der Waals surface area contributed by atoms with Crippen LogP contribution in [0.2, 0.25) is 0 Å². The number of aromatic amines is 1. The third-order valence-corrected chi connectivity index (χ3v) is 2.55. The van der Waals surface area contributed by atoms with Gasteiger partial charge in [0.1, 0.15) is 5.52 Å². The molecule has 3 aromatic rings. The van der Waals surface area contributed by atoms with Crippen LogP contribution in [0.25, 0.3) is 16.6 Å². The molecule has 0 unspecified atom stereocenters. The van der Waals surface area contributed by atoms with Crippen molar-refractivity contribution in [1.29, 1.82) is 0 Å². The van der Waals surface area contributed by atoms with Crippen molar-refractivity contribution in [2.75, 3.05) is 0 Å². The van der Waals surface area contributed by atoms with Crippen LogP contribution in [0, 0.1) is 6.92 Å². The zero-order valence-electron chi connectivity index (χ0n) is 8.19. The maximum atomic E-state index is 11.8. The molecule has 4 heteroatoms. The number of nitrogens with one attached hydrogen (secondary N) is 1. The predicted octanol–water partition coefficient (Wildman–Crippen LogP) is 1.48. The smallest absolute Gasteiger partial charge is 0.274 e. The van der Waals surface area contributed by atoms with Gasteiger partial charge in [0.15, 0.2) is 0 Å². The Labute approximate surface area is 85.2 Å². The van der Waals surface area contributed by atoms with Gasteiger partial charge in [0.05, 0.1) is 17.2 Å². The number of aromatic nitrogens is 3. The topological polar surface area (TPSA) is 50.2 Å². The van der Waals surface area contributed by atoms with Crippen LogP contribution in [0.5, 0.6) is 0 Å². The Bertz CT molecular complexity index is 708. The van der Waals surface area contributed by atoms with Crippen molar-refractivity contribution < 1.29 is 0 Å². The van der Waals surface area contributed by atoms with E-state index in [0.717, 1.165) is 16.6 Å². The molecule has 0 spiro atoms. The van der Waals surface area contributed by atoms with Gasteiger partial charge < -0.3 is 4.98 Å². The molecule has 0 fully saturated rings. The zero-order chi connectivity index (χ0) is 10.4. The first kappa shape index (κ1) is 8.23. The summed E-state index contributed by atoms with van der Waals surface area (Å²) in [6, 6.07) is 7.62. The average molecular weight is 199 g/mol. The van der Waals surface area contributed by atoms with E-state index in [-0.39, 0.29) is 5.56 Å². The minimum absolute atomic E-state index is 0.0938. The average Bonchev–Trinajstić information content (AvgIpc) is 2.62. The van der Waals surface area contributed by atoms with Gasteiger partial charge in [0, 0.05) is 5.56 Å². The quantitative estimate of drug-likeness (QED) is 0.596. The van der Waals surface area contributed by atoms with E-state index in [1.165, 1.54) is 0 Å². The highest BCUT2D eigenvalue weighted by Gasteiger charge is 2.07. The van der Waals surface area contributed by atoms with Gasteiger partial charge in [-0.25, -0.2) is 4.52 Å². The number of nitrogens with zero attached hydrogens (tertiary/aromatic N) is 2. The van der Waals surface area contributed by atoms with Gasteiger partial charge in [-0.05, 0) is 19.1 Å². The largest absolute Gasteiger partial charge is 0.319 e. The Kier molecular flexibility index (Phi) is 1.48. The second-order valence-electron chi connectivity index (χ2n) is 3.56. The summed E-state index contributed by atoms with van der Waals surface area (Å²) in [6.07, 6.45) is 1.71. The minimum atomic E-state index is -0.0938. The van der Waals surface area contributed by atoms with Crippen molar-refractivity contribution in [2.24, 2.45) is 0 Å². The van der Waals surface area contributed by atoms with Gasteiger partial charge in [-0.15, -0.1) is 0 Å². The van der Waals surface area contributed by atoms with E-state index < -0.39 is 0 Å². The SMILES string of the molecule is Cc1cnn2c1c(=O)[nH]c1ccccc12. The molecule has 1 aromatic carbocycles. The van der Waals surface area contributed by atoms with Crippen LogP contribution < -0.4 is 5.56 Å². The van der Waals surface area contributed by atoms with Gasteiger partial charge in [-0.3, -0.25) is 4.79 Å². The first-order chi connectivity index (χ1) is 7.27. The van der Waals surface area contributed by atoms with Crippen molar-refractivity contribution in [3.8, 4) is 0 Å². The zero-order valence-corrected chi connectivity index (χ0v) is 8.19. The lowest BCUT2D eigenvalue weighted by Crippen LogP contribution is -2.11. The van der Waals surface area contributed by atoms with E-state index >= 15 is 0 Å². The minimum Gasteiger partial charge on any atom is -0.319 e. The van der Waals surface area contributed by atoms with Gasteiger partial charge >= 0.3 is 0 Å². The number of hydrogen-bond donors (Lipinski definition) is 1. The van der Waals surface area contributed by atoms with Crippen molar-refractivity contribution >= 4 is 16.6 Å². The number of benzene rings is 1. The van der Waals surface area contributed by atoms with Gasteiger partial charge in [-0.2, -0.15) is 5.10 Å². The van der Waals surface area contributed by atoms with E-state index in [1.54, 1.807) is 10.7 Å². The van der Waals surface area contributed by atoms with E-state index in [4.69, 9.17) is 0 Å². The Balaban J connectivity index is 2.71. The van der Waals surface area contributed by atoms with Gasteiger partial charge in [-0.1, -0.05) is 12.1 Å². The number of para-hydroxylation sites is 2. The molecule has 3 rings (SSSR count). The molecule has 1 N–H and O–H groups in total. The molecule has 4 nitrogen and oxygen atoms in total. The fraction of sp³-hybridized carbons (Fsp3) is 0.0909. The normalized spacial score (nSPS) is 11.3. The van der Waals surface area contributed by atoms with Crippen molar-refractivity contribution in [3.05, 3.63) is 46.4 Å². The lowest BCUT2D eigenvalue weighted by molar-refractivity contribution is 0.987. The maximum absolute atomic E-state index is 11.8. The number of hydrogen-bond acceptors (Lipinski definition) is 2. The first-order valence-electron chi connectivity index (χ1n) is 4.73. The van der Waals surface area contributed by atoms with Crippen LogP contribution in [0.4, 0.5) is 0 Å². The van der Waals surface area contributed by atoms with Crippen molar-refractivity contribution in [1.82, 2.24) is 14.6 Å². The molecule has 0 aliphatic rings. The Hall–Kier alpha value is -2.10. The number of fused-ring (bicyclic) bond motifs is 3. The summed E-state index contributed by atoms with van der Waals surface area (Å²) in [6.45, 7) is 1.88. The molecule has 0 saturated carbocycles. The van der Waals surface area contributed by atoms with Gasteiger partial charge in [0.25, 0.3) is 5.56 Å². The Morgan fingerprint density at radius 2 is 2.13 bits per heavy atom. The second kappa shape index (κ2) is 2.70. The number of aryl methyl sites for hydroxylation is 1. The van der Waals surface area contributed by atoms with Crippen LogP contribution in [-0.2, 0) is 0 Å². The van der Waals surface area contributed by atoms with E-state index in [2.05, 4.69) is 10.1 Å². The highest BCUT2D eigenvalue weighted by molar-refractivity contribution is 5.78. The lowest BCUT2D eigenvalue weighted by Gasteiger charge is -2.00. The molecule has 2 heterocycles. The van der Waals surface area contributed by atoms with Crippen LogP contribution in [-0.4, -0.2) is 14.6 Å². The monoisotopic (exact) mass is 199 g/mol. The number of H-pyrrole nitrogens is 1. The molecular weight excluding hydrogens is 190 g/mol. The molecule has 15 heavy (non-hydrogen) atoms. The summed E-state index contributed by atoms with van der Waals surface area (Å²) in [5.41, 5.74) is 3.14. The van der Waals surface area contributed by atoms with Crippen LogP contribution >= 0.6 is 0 Å². The summed E-state index contributed by atoms with van der Waals surface area (Å²) in [5.74, 6) is 0. The molecule has 0 aliphatic carbocycles. The number of rotatable bonds is 0.